The predicted octanol–water partition coefficient (Wildman–Crippen LogP) is 2.78. The number of aromatic carboxylic acids is 1. The van der Waals surface area contributed by atoms with Gasteiger partial charge in [-0.05, 0) is 36.0 Å². The molecule has 3 N–H and O–H groups in total. The van der Waals surface area contributed by atoms with Crippen LogP contribution in [0.4, 0.5) is 0 Å². The van der Waals surface area contributed by atoms with Crippen LogP contribution in [0.15, 0.2) is 45.7 Å². The number of hydrogen-bond donors (Lipinski definition) is 3. The highest BCUT2D eigenvalue weighted by Gasteiger charge is 2.22. The van der Waals surface area contributed by atoms with Crippen molar-refractivity contribution < 1.29 is 19.1 Å². The van der Waals surface area contributed by atoms with Gasteiger partial charge in [-0.3, -0.25) is 10.2 Å². The Bertz CT molecular complexity index is 805. The highest BCUT2D eigenvalue weighted by molar-refractivity contribution is 8.18. The minimum absolute atomic E-state index is 0.0901. The van der Waals surface area contributed by atoms with E-state index >= 15 is 0 Å². The summed E-state index contributed by atoms with van der Waals surface area (Å²) in [6, 6.07) is 9.77. The number of furan rings is 1. The Morgan fingerprint density at radius 3 is 2.55 bits per heavy atom. The topological polar surface area (TPSA) is 103 Å². The molecule has 6 nitrogen and oxygen atoms in total. The van der Waals surface area contributed by atoms with Crippen molar-refractivity contribution in [3.63, 3.8) is 0 Å². The second-order valence-electron chi connectivity index (χ2n) is 4.48. The molecular formula is C15H10N2O4S. The standard InChI is InChI=1S/C15H10N2O4S/c16-15-17-13(18)12(22-15)7-10-5-6-11(21-10)8-1-3-9(4-2-8)14(19)20/h1-7H,(H,19,20)(H2,16,17,18)/b12-7+. The molecule has 0 spiro atoms. The largest absolute Gasteiger partial charge is 0.478 e. The summed E-state index contributed by atoms with van der Waals surface area (Å²) in [5.74, 6) is -0.242. The van der Waals surface area contributed by atoms with Gasteiger partial charge in [0, 0.05) is 11.6 Å². The number of carbonyl (C=O) groups excluding carboxylic acids is 1. The van der Waals surface area contributed by atoms with Crippen LogP contribution in [0.2, 0.25) is 0 Å². The molecule has 0 bridgehead atoms. The third kappa shape index (κ3) is 2.79. The van der Waals surface area contributed by atoms with Crippen molar-refractivity contribution in [1.29, 1.82) is 5.41 Å². The Morgan fingerprint density at radius 1 is 1.23 bits per heavy atom. The van der Waals surface area contributed by atoms with Crippen molar-refractivity contribution >= 4 is 34.9 Å². The van der Waals surface area contributed by atoms with Crippen LogP contribution in [0.5, 0.6) is 0 Å². The van der Waals surface area contributed by atoms with E-state index in [0.717, 1.165) is 17.3 Å². The number of hydrogen-bond acceptors (Lipinski definition) is 5. The van der Waals surface area contributed by atoms with Gasteiger partial charge in [0.1, 0.15) is 11.5 Å². The van der Waals surface area contributed by atoms with Crippen LogP contribution in [-0.4, -0.2) is 22.2 Å². The lowest BCUT2D eigenvalue weighted by Crippen LogP contribution is -2.18. The summed E-state index contributed by atoms with van der Waals surface area (Å²) in [5, 5.41) is 18.7. The van der Waals surface area contributed by atoms with Gasteiger partial charge in [0.2, 0.25) is 0 Å². The molecule has 22 heavy (non-hydrogen) atoms. The van der Waals surface area contributed by atoms with Crippen LogP contribution in [0, 0.1) is 5.41 Å². The average Bonchev–Trinajstić information content (AvgIpc) is 3.06. The van der Waals surface area contributed by atoms with E-state index in [9.17, 15) is 9.59 Å². The van der Waals surface area contributed by atoms with E-state index in [2.05, 4.69) is 5.32 Å². The lowest BCUT2D eigenvalue weighted by atomic mass is 10.1. The molecule has 1 aliphatic heterocycles. The van der Waals surface area contributed by atoms with Crippen molar-refractivity contribution in [3.8, 4) is 11.3 Å². The molecule has 1 fully saturated rings. The second-order valence-corrected chi connectivity index (χ2v) is 5.53. The van der Waals surface area contributed by atoms with E-state index in [1.807, 2.05) is 0 Å². The summed E-state index contributed by atoms with van der Waals surface area (Å²) in [4.78, 5) is 22.7. The molecule has 0 saturated carbocycles. The Kier molecular flexibility index (Phi) is 3.56. The maximum Gasteiger partial charge on any atom is 0.335 e. The Hall–Kier alpha value is -2.80. The summed E-state index contributed by atoms with van der Waals surface area (Å²) in [5.41, 5.74) is 0.945. The van der Waals surface area contributed by atoms with E-state index in [1.165, 1.54) is 12.1 Å². The Balaban J connectivity index is 1.85. The fourth-order valence-corrected chi connectivity index (χ4v) is 2.62. The van der Waals surface area contributed by atoms with Gasteiger partial charge in [0.15, 0.2) is 5.17 Å². The van der Waals surface area contributed by atoms with Crippen LogP contribution in [0.25, 0.3) is 17.4 Å². The zero-order chi connectivity index (χ0) is 15.7. The quantitative estimate of drug-likeness (QED) is 0.756. The number of thioether (sulfide) groups is 1. The zero-order valence-corrected chi connectivity index (χ0v) is 11.9. The maximum atomic E-state index is 11.5. The molecule has 0 radical (unpaired) electrons. The summed E-state index contributed by atoms with van der Waals surface area (Å²) in [6.45, 7) is 0. The fourth-order valence-electron chi connectivity index (χ4n) is 1.93. The summed E-state index contributed by atoms with van der Waals surface area (Å²) in [7, 11) is 0. The van der Waals surface area contributed by atoms with Gasteiger partial charge in [-0.2, -0.15) is 0 Å². The van der Waals surface area contributed by atoms with Crippen molar-refractivity contribution in [2.45, 2.75) is 0 Å². The molecule has 1 aromatic carbocycles. The number of carboxylic acids is 1. The molecule has 0 unspecified atom stereocenters. The molecule has 3 rings (SSSR count). The molecule has 110 valence electrons. The number of carbonyl (C=O) groups is 2. The minimum Gasteiger partial charge on any atom is -0.478 e. The van der Waals surface area contributed by atoms with Crippen molar-refractivity contribution in [3.05, 3.63) is 52.6 Å². The van der Waals surface area contributed by atoms with Gasteiger partial charge in [0.05, 0.1) is 10.5 Å². The number of carboxylic acid groups (broad SMARTS) is 1. The third-order valence-corrected chi connectivity index (χ3v) is 3.81. The lowest BCUT2D eigenvalue weighted by Gasteiger charge is -1.98. The number of nitrogens with one attached hydrogen (secondary N) is 2. The normalized spacial score (nSPS) is 16.1. The first-order valence-corrected chi connectivity index (χ1v) is 7.07. The van der Waals surface area contributed by atoms with E-state index in [-0.39, 0.29) is 16.6 Å². The third-order valence-electron chi connectivity index (χ3n) is 2.98. The van der Waals surface area contributed by atoms with E-state index in [1.54, 1.807) is 30.3 Å². The number of rotatable bonds is 3. The SMILES string of the molecule is N=C1NC(=O)/C(=C\c2ccc(-c3ccc(C(=O)O)cc3)o2)S1. The first kappa shape index (κ1) is 14.2. The second kappa shape index (κ2) is 5.53. The van der Waals surface area contributed by atoms with Crippen LogP contribution in [0.1, 0.15) is 16.1 Å². The van der Waals surface area contributed by atoms with Crippen LogP contribution >= 0.6 is 11.8 Å². The number of amidine groups is 1. The molecule has 2 heterocycles. The van der Waals surface area contributed by atoms with Gasteiger partial charge in [-0.1, -0.05) is 12.1 Å². The van der Waals surface area contributed by atoms with Gasteiger partial charge in [0.25, 0.3) is 5.91 Å². The average molecular weight is 314 g/mol. The van der Waals surface area contributed by atoms with Crippen LogP contribution in [0.3, 0.4) is 0 Å². The predicted molar refractivity (Wildman–Crippen MR) is 82.5 cm³/mol. The maximum absolute atomic E-state index is 11.5. The first-order valence-electron chi connectivity index (χ1n) is 6.26. The Labute approximate surface area is 129 Å². The summed E-state index contributed by atoms with van der Waals surface area (Å²) in [6.07, 6.45) is 1.57. The van der Waals surface area contributed by atoms with Crippen molar-refractivity contribution in [2.24, 2.45) is 0 Å². The molecule has 7 heteroatoms. The molecule has 1 saturated heterocycles. The van der Waals surface area contributed by atoms with Gasteiger partial charge >= 0.3 is 5.97 Å². The van der Waals surface area contributed by atoms with Gasteiger partial charge < -0.3 is 14.8 Å². The molecule has 0 atom stereocenters. The molecule has 1 aromatic heterocycles. The molecule has 0 aliphatic carbocycles. The lowest BCUT2D eigenvalue weighted by molar-refractivity contribution is -0.115. The van der Waals surface area contributed by atoms with Crippen LogP contribution in [-0.2, 0) is 4.79 Å². The molecule has 1 amide bonds. The van der Waals surface area contributed by atoms with Gasteiger partial charge in [-0.15, -0.1) is 0 Å². The van der Waals surface area contributed by atoms with Crippen molar-refractivity contribution in [2.75, 3.05) is 0 Å². The molecular weight excluding hydrogens is 304 g/mol. The fraction of sp³-hybridized carbons (Fsp3) is 0. The van der Waals surface area contributed by atoms with Crippen LogP contribution < -0.4 is 5.32 Å². The highest BCUT2D eigenvalue weighted by Crippen LogP contribution is 2.28. The van der Waals surface area contributed by atoms with Crippen molar-refractivity contribution in [1.82, 2.24) is 5.32 Å². The number of benzene rings is 1. The monoisotopic (exact) mass is 314 g/mol. The number of amides is 1. The summed E-state index contributed by atoms with van der Waals surface area (Å²) < 4.78 is 5.63. The van der Waals surface area contributed by atoms with E-state index in [0.29, 0.717) is 16.4 Å². The highest BCUT2D eigenvalue weighted by atomic mass is 32.2. The minimum atomic E-state index is -0.983. The summed E-state index contributed by atoms with van der Waals surface area (Å²) >= 11 is 1.04. The Morgan fingerprint density at radius 2 is 1.95 bits per heavy atom. The molecule has 1 aliphatic rings. The molecule has 2 aromatic rings. The van der Waals surface area contributed by atoms with Gasteiger partial charge in [-0.25, -0.2) is 4.79 Å². The smallest absolute Gasteiger partial charge is 0.335 e. The van der Waals surface area contributed by atoms with E-state index < -0.39 is 5.97 Å². The van der Waals surface area contributed by atoms with E-state index in [4.69, 9.17) is 14.9 Å². The zero-order valence-electron chi connectivity index (χ0n) is 11.1. The first-order chi connectivity index (χ1) is 10.5.